The SMILES string of the molecule is CC(C)n1nnnc1SCCC1CCCCN1C. The van der Waals surface area contributed by atoms with Gasteiger partial charge in [-0.15, -0.1) is 5.10 Å². The molecule has 1 fully saturated rings. The van der Waals surface area contributed by atoms with Crippen molar-refractivity contribution in [3.05, 3.63) is 0 Å². The summed E-state index contributed by atoms with van der Waals surface area (Å²) in [7, 11) is 2.24. The van der Waals surface area contributed by atoms with E-state index >= 15 is 0 Å². The molecule has 2 heterocycles. The van der Waals surface area contributed by atoms with Gasteiger partial charge in [-0.1, -0.05) is 18.2 Å². The van der Waals surface area contributed by atoms with Crippen LogP contribution in [0.2, 0.25) is 0 Å². The van der Waals surface area contributed by atoms with Crippen molar-refractivity contribution in [1.29, 1.82) is 0 Å². The smallest absolute Gasteiger partial charge is 0.209 e. The Morgan fingerprint density at radius 2 is 2.22 bits per heavy atom. The van der Waals surface area contributed by atoms with Crippen LogP contribution >= 0.6 is 11.8 Å². The lowest BCUT2D eigenvalue weighted by Crippen LogP contribution is -2.36. The highest BCUT2D eigenvalue weighted by Gasteiger charge is 2.19. The standard InChI is InChI=1S/C12H23N5S/c1-10(2)17-12(13-14-15-17)18-9-7-11-6-4-5-8-16(11)3/h10-11H,4-9H2,1-3H3. The third-order valence-corrected chi connectivity index (χ3v) is 4.52. The minimum atomic E-state index is 0.333. The van der Waals surface area contributed by atoms with E-state index in [1.54, 1.807) is 11.8 Å². The van der Waals surface area contributed by atoms with E-state index in [2.05, 4.69) is 41.3 Å². The molecule has 1 unspecified atom stereocenters. The third kappa shape index (κ3) is 3.45. The number of aromatic nitrogens is 4. The molecule has 1 atom stereocenters. The quantitative estimate of drug-likeness (QED) is 0.767. The van der Waals surface area contributed by atoms with E-state index in [-0.39, 0.29) is 0 Å². The molecule has 1 aromatic rings. The molecule has 0 aromatic carbocycles. The number of rotatable bonds is 5. The summed E-state index contributed by atoms with van der Waals surface area (Å²) in [5, 5.41) is 12.8. The zero-order valence-corrected chi connectivity index (χ0v) is 12.4. The molecule has 0 radical (unpaired) electrons. The van der Waals surface area contributed by atoms with E-state index < -0.39 is 0 Å². The van der Waals surface area contributed by atoms with Gasteiger partial charge in [0, 0.05) is 11.8 Å². The van der Waals surface area contributed by atoms with Gasteiger partial charge in [0.15, 0.2) is 0 Å². The highest BCUT2D eigenvalue weighted by atomic mass is 32.2. The Morgan fingerprint density at radius 3 is 2.94 bits per heavy atom. The van der Waals surface area contributed by atoms with Crippen molar-refractivity contribution in [2.24, 2.45) is 0 Å². The molecule has 0 amide bonds. The van der Waals surface area contributed by atoms with E-state index in [1.807, 2.05) is 4.68 Å². The second-order valence-corrected chi connectivity index (χ2v) is 6.33. The van der Waals surface area contributed by atoms with Crippen LogP contribution in [0.3, 0.4) is 0 Å². The molecule has 1 saturated heterocycles. The lowest BCUT2D eigenvalue weighted by Gasteiger charge is -2.32. The summed E-state index contributed by atoms with van der Waals surface area (Å²) in [5.74, 6) is 1.10. The van der Waals surface area contributed by atoms with Gasteiger partial charge in [0.2, 0.25) is 5.16 Å². The fourth-order valence-electron chi connectivity index (χ4n) is 2.40. The average molecular weight is 269 g/mol. The van der Waals surface area contributed by atoms with Crippen molar-refractivity contribution in [2.75, 3.05) is 19.3 Å². The molecule has 0 aliphatic carbocycles. The summed E-state index contributed by atoms with van der Waals surface area (Å²) < 4.78 is 1.90. The zero-order valence-electron chi connectivity index (χ0n) is 11.5. The number of hydrogen-bond donors (Lipinski definition) is 0. The van der Waals surface area contributed by atoms with Crippen LogP contribution in [0.25, 0.3) is 0 Å². The van der Waals surface area contributed by atoms with Gasteiger partial charge < -0.3 is 4.90 Å². The number of thioether (sulfide) groups is 1. The number of likely N-dealkylation sites (tertiary alicyclic amines) is 1. The van der Waals surface area contributed by atoms with Crippen LogP contribution < -0.4 is 0 Å². The predicted octanol–water partition coefficient (Wildman–Crippen LogP) is 2.22. The Hall–Kier alpha value is -0.620. The monoisotopic (exact) mass is 269 g/mol. The van der Waals surface area contributed by atoms with E-state index in [9.17, 15) is 0 Å². The van der Waals surface area contributed by atoms with Crippen LogP contribution in [0, 0.1) is 0 Å². The first kappa shape index (κ1) is 13.8. The van der Waals surface area contributed by atoms with E-state index in [4.69, 9.17) is 0 Å². The van der Waals surface area contributed by atoms with Crippen LogP contribution in [-0.4, -0.2) is 50.5 Å². The van der Waals surface area contributed by atoms with Gasteiger partial charge in [0.05, 0.1) is 6.04 Å². The van der Waals surface area contributed by atoms with Gasteiger partial charge >= 0.3 is 0 Å². The molecule has 1 aromatic heterocycles. The van der Waals surface area contributed by atoms with Crippen molar-refractivity contribution in [3.8, 4) is 0 Å². The zero-order chi connectivity index (χ0) is 13.0. The molecular weight excluding hydrogens is 246 g/mol. The van der Waals surface area contributed by atoms with E-state index in [1.165, 1.54) is 32.2 Å². The average Bonchev–Trinajstić information content (AvgIpc) is 2.80. The summed E-state index contributed by atoms with van der Waals surface area (Å²) >= 11 is 1.78. The van der Waals surface area contributed by atoms with Gasteiger partial charge in [0.1, 0.15) is 0 Å². The number of piperidine rings is 1. The largest absolute Gasteiger partial charge is 0.303 e. The maximum absolute atomic E-state index is 4.09. The summed E-state index contributed by atoms with van der Waals surface area (Å²) in [6.07, 6.45) is 5.30. The minimum absolute atomic E-state index is 0.333. The van der Waals surface area contributed by atoms with Gasteiger partial charge in [-0.2, -0.15) is 0 Å². The maximum Gasteiger partial charge on any atom is 0.209 e. The fraction of sp³-hybridized carbons (Fsp3) is 0.917. The lowest BCUT2D eigenvalue weighted by atomic mass is 10.0. The summed E-state index contributed by atoms with van der Waals surface area (Å²) in [4.78, 5) is 2.50. The number of tetrazole rings is 1. The molecule has 5 nitrogen and oxygen atoms in total. The van der Waals surface area contributed by atoms with Gasteiger partial charge in [-0.3, -0.25) is 0 Å². The predicted molar refractivity (Wildman–Crippen MR) is 73.8 cm³/mol. The normalized spacial score (nSPS) is 21.7. The molecule has 0 spiro atoms. The minimum Gasteiger partial charge on any atom is -0.303 e. The Morgan fingerprint density at radius 1 is 1.39 bits per heavy atom. The van der Waals surface area contributed by atoms with Crippen molar-refractivity contribution in [3.63, 3.8) is 0 Å². The van der Waals surface area contributed by atoms with Crippen molar-refractivity contribution >= 4 is 11.8 Å². The third-order valence-electron chi connectivity index (χ3n) is 3.56. The second-order valence-electron chi connectivity index (χ2n) is 5.27. The Kier molecular flexibility index (Phi) is 5.00. The first-order valence-electron chi connectivity index (χ1n) is 6.79. The van der Waals surface area contributed by atoms with E-state index in [0.29, 0.717) is 6.04 Å². The number of nitrogens with zero attached hydrogens (tertiary/aromatic N) is 5. The van der Waals surface area contributed by atoms with Crippen LogP contribution in [0.1, 0.15) is 45.6 Å². The van der Waals surface area contributed by atoms with Crippen LogP contribution in [0.15, 0.2) is 5.16 Å². The van der Waals surface area contributed by atoms with Crippen molar-refractivity contribution < 1.29 is 0 Å². The fourth-order valence-corrected chi connectivity index (χ4v) is 3.45. The molecule has 0 N–H and O–H groups in total. The molecule has 2 rings (SSSR count). The Bertz CT molecular complexity index is 365. The van der Waals surface area contributed by atoms with Gasteiger partial charge in [-0.25, -0.2) is 4.68 Å². The molecule has 1 aliphatic heterocycles. The number of hydrogen-bond acceptors (Lipinski definition) is 5. The molecule has 18 heavy (non-hydrogen) atoms. The van der Waals surface area contributed by atoms with Gasteiger partial charge in [-0.05, 0) is 57.1 Å². The van der Waals surface area contributed by atoms with Crippen LogP contribution in [0.5, 0.6) is 0 Å². The van der Waals surface area contributed by atoms with Gasteiger partial charge in [0.25, 0.3) is 0 Å². The first-order chi connectivity index (χ1) is 8.68. The highest BCUT2D eigenvalue weighted by molar-refractivity contribution is 7.99. The molecule has 6 heteroatoms. The van der Waals surface area contributed by atoms with Crippen LogP contribution in [0.4, 0.5) is 0 Å². The molecule has 0 bridgehead atoms. The van der Waals surface area contributed by atoms with Crippen molar-refractivity contribution in [2.45, 2.75) is 56.8 Å². The van der Waals surface area contributed by atoms with E-state index in [0.717, 1.165) is 17.0 Å². The summed E-state index contributed by atoms with van der Waals surface area (Å²) in [5.41, 5.74) is 0. The first-order valence-corrected chi connectivity index (χ1v) is 7.78. The Labute approximate surface area is 113 Å². The Balaban J connectivity index is 1.79. The van der Waals surface area contributed by atoms with Crippen molar-refractivity contribution in [1.82, 2.24) is 25.1 Å². The topological polar surface area (TPSA) is 46.8 Å². The second kappa shape index (κ2) is 6.52. The van der Waals surface area contributed by atoms with Crippen LogP contribution in [-0.2, 0) is 0 Å². The maximum atomic E-state index is 4.09. The molecule has 1 aliphatic rings. The summed E-state index contributed by atoms with van der Waals surface area (Å²) in [6.45, 7) is 5.46. The lowest BCUT2D eigenvalue weighted by molar-refractivity contribution is 0.182. The molecule has 0 saturated carbocycles. The summed E-state index contributed by atoms with van der Waals surface area (Å²) in [6, 6.07) is 1.08. The molecular formula is C12H23N5S. The highest BCUT2D eigenvalue weighted by Crippen LogP contribution is 2.23. The molecule has 102 valence electrons.